The average Bonchev–Trinajstić information content (AvgIpc) is 3.00. The molecule has 5 heteroatoms. The van der Waals surface area contributed by atoms with Crippen LogP contribution in [-0.4, -0.2) is 30.0 Å². The Labute approximate surface area is 130 Å². The molecule has 1 amide bonds. The Morgan fingerprint density at radius 1 is 1.24 bits per heavy atom. The number of piperidine rings is 1. The molecule has 0 atom stereocenters. The molecule has 1 aliphatic heterocycles. The molecular weight excluding hydrogens is 282 g/mol. The van der Waals surface area contributed by atoms with Crippen LogP contribution in [0.3, 0.4) is 0 Å². The maximum absolute atomic E-state index is 12.3. The van der Waals surface area contributed by atoms with Crippen molar-refractivity contribution in [1.82, 2.24) is 15.6 Å². The van der Waals surface area contributed by atoms with E-state index in [1.807, 2.05) is 5.38 Å². The van der Waals surface area contributed by atoms with Crippen LogP contribution in [0.2, 0.25) is 0 Å². The molecule has 4 nitrogen and oxygen atoms in total. The van der Waals surface area contributed by atoms with E-state index >= 15 is 0 Å². The third kappa shape index (κ3) is 3.83. The first-order chi connectivity index (χ1) is 10.2. The molecular formula is C16H25N3OS. The predicted molar refractivity (Wildman–Crippen MR) is 85.8 cm³/mol. The average molecular weight is 307 g/mol. The van der Waals surface area contributed by atoms with E-state index in [9.17, 15) is 4.79 Å². The molecule has 21 heavy (non-hydrogen) atoms. The Kier molecular flexibility index (Phi) is 4.91. The molecule has 2 heterocycles. The van der Waals surface area contributed by atoms with Crippen LogP contribution in [0.15, 0.2) is 5.38 Å². The molecule has 1 saturated heterocycles. The summed E-state index contributed by atoms with van der Waals surface area (Å²) in [7, 11) is 0. The zero-order valence-corrected chi connectivity index (χ0v) is 13.5. The highest BCUT2D eigenvalue weighted by Crippen LogP contribution is 2.28. The smallest absolute Gasteiger partial charge is 0.270 e. The molecule has 0 radical (unpaired) electrons. The van der Waals surface area contributed by atoms with E-state index in [0.717, 1.165) is 49.7 Å². The van der Waals surface area contributed by atoms with Gasteiger partial charge in [0, 0.05) is 17.3 Å². The second-order valence-electron chi connectivity index (χ2n) is 6.53. The Morgan fingerprint density at radius 3 is 2.67 bits per heavy atom. The van der Waals surface area contributed by atoms with Gasteiger partial charge < -0.3 is 10.6 Å². The Bertz CT molecular complexity index is 474. The van der Waals surface area contributed by atoms with Crippen LogP contribution in [0.4, 0.5) is 0 Å². The van der Waals surface area contributed by atoms with E-state index in [1.165, 1.54) is 12.8 Å². The van der Waals surface area contributed by atoms with Gasteiger partial charge in [-0.05, 0) is 57.5 Å². The van der Waals surface area contributed by atoms with Gasteiger partial charge >= 0.3 is 0 Å². The summed E-state index contributed by atoms with van der Waals surface area (Å²) in [5, 5.41) is 9.60. The van der Waals surface area contributed by atoms with Gasteiger partial charge in [0.1, 0.15) is 5.69 Å². The van der Waals surface area contributed by atoms with Gasteiger partial charge in [-0.1, -0.05) is 6.92 Å². The van der Waals surface area contributed by atoms with Crippen LogP contribution >= 0.6 is 11.3 Å². The fourth-order valence-corrected chi connectivity index (χ4v) is 4.28. The standard InChI is InChI=1S/C16H25N3OS/c1-11-2-4-13(5-3-11)18-15(20)14-10-21-16(19-14)12-6-8-17-9-7-12/h10-13,17H,2-9H2,1H3,(H,18,20). The summed E-state index contributed by atoms with van der Waals surface area (Å²) in [6, 6.07) is 0.345. The van der Waals surface area contributed by atoms with E-state index in [-0.39, 0.29) is 5.91 Å². The number of hydrogen-bond acceptors (Lipinski definition) is 4. The minimum atomic E-state index is 0.0194. The van der Waals surface area contributed by atoms with Crippen molar-refractivity contribution < 1.29 is 4.79 Å². The molecule has 0 bridgehead atoms. The molecule has 116 valence electrons. The van der Waals surface area contributed by atoms with E-state index in [1.54, 1.807) is 11.3 Å². The van der Waals surface area contributed by atoms with Gasteiger partial charge in [0.2, 0.25) is 0 Å². The van der Waals surface area contributed by atoms with Crippen LogP contribution in [0.5, 0.6) is 0 Å². The largest absolute Gasteiger partial charge is 0.348 e. The Hall–Kier alpha value is -0.940. The SMILES string of the molecule is CC1CCC(NC(=O)c2csc(C3CCNCC3)n2)CC1. The Morgan fingerprint density at radius 2 is 1.95 bits per heavy atom. The topological polar surface area (TPSA) is 54.0 Å². The van der Waals surface area contributed by atoms with Crippen LogP contribution in [0, 0.1) is 5.92 Å². The molecule has 0 aromatic carbocycles. The summed E-state index contributed by atoms with van der Waals surface area (Å²) in [6.45, 7) is 4.42. The molecule has 0 spiro atoms. The van der Waals surface area contributed by atoms with Crippen LogP contribution in [0.1, 0.15) is 66.9 Å². The van der Waals surface area contributed by atoms with Crippen molar-refractivity contribution in [2.45, 2.75) is 57.4 Å². The van der Waals surface area contributed by atoms with Crippen molar-refractivity contribution in [3.05, 3.63) is 16.1 Å². The lowest BCUT2D eigenvalue weighted by Gasteiger charge is -2.26. The lowest BCUT2D eigenvalue weighted by Crippen LogP contribution is -2.37. The summed E-state index contributed by atoms with van der Waals surface area (Å²) >= 11 is 1.65. The summed E-state index contributed by atoms with van der Waals surface area (Å²) in [5.74, 6) is 1.36. The van der Waals surface area contributed by atoms with E-state index in [0.29, 0.717) is 17.7 Å². The zero-order valence-electron chi connectivity index (χ0n) is 12.7. The van der Waals surface area contributed by atoms with Gasteiger partial charge in [-0.25, -0.2) is 4.98 Å². The normalized spacial score (nSPS) is 27.5. The molecule has 2 fully saturated rings. The molecule has 1 aromatic rings. The predicted octanol–water partition coefficient (Wildman–Crippen LogP) is 2.92. The number of nitrogens with one attached hydrogen (secondary N) is 2. The number of carbonyl (C=O) groups excluding carboxylic acids is 1. The highest BCUT2D eigenvalue weighted by Gasteiger charge is 2.23. The van der Waals surface area contributed by atoms with Crippen molar-refractivity contribution in [2.75, 3.05) is 13.1 Å². The second-order valence-corrected chi connectivity index (χ2v) is 7.42. The monoisotopic (exact) mass is 307 g/mol. The fraction of sp³-hybridized carbons (Fsp3) is 0.750. The number of amides is 1. The molecule has 3 rings (SSSR count). The van der Waals surface area contributed by atoms with E-state index in [4.69, 9.17) is 0 Å². The Balaban J connectivity index is 1.56. The van der Waals surface area contributed by atoms with Crippen LogP contribution < -0.4 is 10.6 Å². The van der Waals surface area contributed by atoms with Gasteiger partial charge in [0.15, 0.2) is 0 Å². The van der Waals surface area contributed by atoms with Gasteiger partial charge in [-0.2, -0.15) is 0 Å². The molecule has 0 unspecified atom stereocenters. The first-order valence-electron chi connectivity index (χ1n) is 8.19. The summed E-state index contributed by atoms with van der Waals surface area (Å²) in [5.41, 5.74) is 0.618. The summed E-state index contributed by atoms with van der Waals surface area (Å²) < 4.78 is 0. The van der Waals surface area contributed by atoms with E-state index < -0.39 is 0 Å². The number of thiazole rings is 1. The highest BCUT2D eigenvalue weighted by molar-refractivity contribution is 7.09. The quantitative estimate of drug-likeness (QED) is 0.903. The fourth-order valence-electron chi connectivity index (χ4n) is 3.31. The van der Waals surface area contributed by atoms with Gasteiger partial charge in [-0.3, -0.25) is 4.79 Å². The third-order valence-electron chi connectivity index (χ3n) is 4.79. The molecule has 1 saturated carbocycles. The molecule has 2 aliphatic rings. The number of carbonyl (C=O) groups is 1. The van der Waals surface area contributed by atoms with Crippen molar-refractivity contribution in [3.63, 3.8) is 0 Å². The number of aromatic nitrogens is 1. The lowest BCUT2D eigenvalue weighted by molar-refractivity contribution is 0.0918. The highest BCUT2D eigenvalue weighted by atomic mass is 32.1. The number of hydrogen-bond donors (Lipinski definition) is 2. The van der Waals surface area contributed by atoms with Crippen molar-refractivity contribution in [3.8, 4) is 0 Å². The number of nitrogens with zero attached hydrogens (tertiary/aromatic N) is 1. The number of rotatable bonds is 3. The van der Waals surface area contributed by atoms with Gasteiger partial charge in [0.05, 0.1) is 5.01 Å². The minimum Gasteiger partial charge on any atom is -0.348 e. The maximum atomic E-state index is 12.3. The summed E-state index contributed by atoms with van der Waals surface area (Å²) in [6.07, 6.45) is 6.94. The second kappa shape index (κ2) is 6.88. The van der Waals surface area contributed by atoms with Gasteiger partial charge in [-0.15, -0.1) is 11.3 Å². The first kappa shape index (κ1) is 15.0. The van der Waals surface area contributed by atoms with Crippen molar-refractivity contribution >= 4 is 17.2 Å². The van der Waals surface area contributed by atoms with Crippen LogP contribution in [0.25, 0.3) is 0 Å². The van der Waals surface area contributed by atoms with Crippen LogP contribution in [-0.2, 0) is 0 Å². The lowest BCUT2D eigenvalue weighted by atomic mass is 9.87. The van der Waals surface area contributed by atoms with Gasteiger partial charge in [0.25, 0.3) is 5.91 Å². The van der Waals surface area contributed by atoms with E-state index in [2.05, 4.69) is 22.5 Å². The third-order valence-corrected chi connectivity index (χ3v) is 5.80. The zero-order chi connectivity index (χ0) is 14.7. The first-order valence-corrected chi connectivity index (χ1v) is 9.07. The van der Waals surface area contributed by atoms with Crippen molar-refractivity contribution in [1.29, 1.82) is 0 Å². The molecule has 1 aromatic heterocycles. The molecule has 1 aliphatic carbocycles. The summed E-state index contributed by atoms with van der Waals surface area (Å²) in [4.78, 5) is 16.9. The maximum Gasteiger partial charge on any atom is 0.270 e. The van der Waals surface area contributed by atoms with Crippen molar-refractivity contribution in [2.24, 2.45) is 5.92 Å². The molecule has 2 N–H and O–H groups in total. The minimum absolute atomic E-state index is 0.0194.